The zero-order valence-electron chi connectivity index (χ0n) is 10.7. The molecule has 1 aromatic carbocycles. The molecule has 0 aliphatic rings. The maximum Gasteiger partial charge on any atom is 0.352 e. The molecule has 0 bridgehead atoms. The second-order valence-electron chi connectivity index (χ2n) is 4.22. The van der Waals surface area contributed by atoms with Crippen LogP contribution in [0.4, 0.5) is 11.4 Å². The fourth-order valence-electron chi connectivity index (χ4n) is 1.97. The first-order valence-corrected chi connectivity index (χ1v) is 5.64. The maximum atomic E-state index is 11.0. The van der Waals surface area contributed by atoms with Gasteiger partial charge in [-0.1, -0.05) is 0 Å². The van der Waals surface area contributed by atoms with Gasteiger partial charge in [-0.15, -0.1) is 0 Å². The molecule has 0 spiro atoms. The van der Waals surface area contributed by atoms with Gasteiger partial charge in [-0.05, 0) is 12.1 Å². The van der Waals surface area contributed by atoms with E-state index in [0.717, 1.165) is 18.2 Å². The highest BCUT2D eigenvalue weighted by molar-refractivity contribution is 5.87. The van der Waals surface area contributed by atoms with Crippen molar-refractivity contribution in [3.8, 4) is 11.3 Å². The van der Waals surface area contributed by atoms with Crippen LogP contribution in [0.1, 0.15) is 10.5 Å². The average Bonchev–Trinajstić information content (AvgIpc) is 2.80. The smallest absolute Gasteiger partial charge is 0.352 e. The van der Waals surface area contributed by atoms with E-state index in [9.17, 15) is 25.0 Å². The second-order valence-corrected chi connectivity index (χ2v) is 4.22. The topological polar surface area (TPSA) is 129 Å². The van der Waals surface area contributed by atoms with Gasteiger partial charge in [0, 0.05) is 30.4 Å². The lowest BCUT2D eigenvalue weighted by molar-refractivity contribution is -0.394. The lowest BCUT2D eigenvalue weighted by atomic mass is 10.1. The van der Waals surface area contributed by atoms with E-state index in [2.05, 4.69) is 0 Å². The van der Waals surface area contributed by atoms with Crippen LogP contribution in [0.15, 0.2) is 30.3 Å². The Balaban J connectivity index is 2.66. The number of benzene rings is 1. The van der Waals surface area contributed by atoms with Crippen LogP contribution in [0, 0.1) is 20.2 Å². The van der Waals surface area contributed by atoms with Crippen molar-refractivity contribution in [3.63, 3.8) is 0 Å². The molecule has 2 aromatic rings. The van der Waals surface area contributed by atoms with Crippen molar-refractivity contribution in [2.45, 2.75) is 0 Å². The molecule has 0 fully saturated rings. The molecule has 2 rings (SSSR count). The number of nitro groups is 2. The van der Waals surface area contributed by atoms with E-state index in [0.29, 0.717) is 5.69 Å². The van der Waals surface area contributed by atoms with Gasteiger partial charge in [-0.2, -0.15) is 0 Å². The molecule has 0 atom stereocenters. The summed E-state index contributed by atoms with van der Waals surface area (Å²) in [6, 6.07) is 5.93. The average molecular weight is 291 g/mol. The third kappa shape index (κ3) is 2.56. The van der Waals surface area contributed by atoms with Crippen LogP contribution in [0.25, 0.3) is 11.3 Å². The van der Waals surface area contributed by atoms with E-state index in [1.807, 2.05) is 0 Å². The van der Waals surface area contributed by atoms with Gasteiger partial charge in [0.1, 0.15) is 5.69 Å². The molecule has 9 nitrogen and oxygen atoms in total. The summed E-state index contributed by atoms with van der Waals surface area (Å²) in [5.41, 5.74) is -0.362. The van der Waals surface area contributed by atoms with Crippen molar-refractivity contribution < 1.29 is 19.7 Å². The van der Waals surface area contributed by atoms with Gasteiger partial charge in [-0.25, -0.2) is 4.79 Å². The Hall–Kier alpha value is -3.23. The molecular weight excluding hydrogens is 282 g/mol. The minimum Gasteiger partial charge on any atom is -0.477 e. The molecular formula is C12H9N3O6. The standard InChI is InChI=1S/C12H9N3O6/c1-13-10(2-3-11(13)12(16)17)7-4-8(14(18)19)6-9(5-7)15(20)21/h2-6H,1H3,(H,16,17). The fraction of sp³-hybridized carbons (Fsp3) is 0.0833. The molecule has 0 amide bonds. The van der Waals surface area contributed by atoms with Crippen molar-refractivity contribution in [3.05, 3.63) is 56.3 Å². The summed E-state index contributed by atoms with van der Waals surface area (Å²) in [6.45, 7) is 0. The highest BCUT2D eigenvalue weighted by atomic mass is 16.6. The molecule has 108 valence electrons. The summed E-state index contributed by atoms with van der Waals surface area (Å²) >= 11 is 0. The molecule has 1 heterocycles. The maximum absolute atomic E-state index is 11.0. The van der Waals surface area contributed by atoms with E-state index in [4.69, 9.17) is 5.11 Å². The van der Waals surface area contributed by atoms with Gasteiger partial charge >= 0.3 is 5.97 Å². The predicted octanol–water partition coefficient (Wildman–Crippen LogP) is 2.21. The van der Waals surface area contributed by atoms with Gasteiger partial charge in [0.25, 0.3) is 11.4 Å². The molecule has 0 saturated carbocycles. The highest BCUT2D eigenvalue weighted by Gasteiger charge is 2.20. The highest BCUT2D eigenvalue weighted by Crippen LogP contribution is 2.30. The normalized spacial score (nSPS) is 10.3. The SMILES string of the molecule is Cn1c(C(=O)O)ccc1-c1cc([N+](=O)[O-])cc([N+](=O)[O-])c1. The number of nitro benzene ring substituents is 2. The molecule has 21 heavy (non-hydrogen) atoms. The summed E-state index contributed by atoms with van der Waals surface area (Å²) in [4.78, 5) is 31.2. The number of non-ortho nitro benzene ring substituents is 2. The lowest BCUT2D eigenvalue weighted by Gasteiger charge is -2.05. The number of carboxylic acids is 1. The summed E-state index contributed by atoms with van der Waals surface area (Å²) in [7, 11) is 1.46. The van der Waals surface area contributed by atoms with Crippen LogP contribution in [-0.2, 0) is 7.05 Å². The summed E-state index contributed by atoms with van der Waals surface area (Å²) in [6.07, 6.45) is 0. The Morgan fingerprint density at radius 3 is 2.00 bits per heavy atom. The van der Waals surface area contributed by atoms with Crippen molar-refractivity contribution in [1.29, 1.82) is 0 Å². The van der Waals surface area contributed by atoms with Crippen molar-refractivity contribution in [2.24, 2.45) is 7.05 Å². The van der Waals surface area contributed by atoms with Crippen LogP contribution in [0.5, 0.6) is 0 Å². The Bertz CT molecular complexity index is 732. The first-order chi connectivity index (χ1) is 9.81. The van der Waals surface area contributed by atoms with E-state index < -0.39 is 27.2 Å². The monoisotopic (exact) mass is 291 g/mol. The van der Waals surface area contributed by atoms with Crippen LogP contribution in [0.3, 0.4) is 0 Å². The summed E-state index contributed by atoms with van der Waals surface area (Å²) in [5.74, 6) is -1.16. The predicted molar refractivity (Wildman–Crippen MR) is 71.1 cm³/mol. The van der Waals surface area contributed by atoms with Crippen LogP contribution in [-0.4, -0.2) is 25.5 Å². The molecule has 0 radical (unpaired) electrons. The second kappa shape index (κ2) is 5.04. The Labute approximate surface area is 117 Å². The van der Waals surface area contributed by atoms with Crippen molar-refractivity contribution in [2.75, 3.05) is 0 Å². The van der Waals surface area contributed by atoms with Crippen LogP contribution >= 0.6 is 0 Å². The molecule has 0 unspecified atom stereocenters. The third-order valence-corrected chi connectivity index (χ3v) is 2.96. The molecule has 0 aliphatic carbocycles. The van der Waals surface area contributed by atoms with Crippen molar-refractivity contribution >= 4 is 17.3 Å². The summed E-state index contributed by atoms with van der Waals surface area (Å²) in [5, 5.41) is 30.7. The van der Waals surface area contributed by atoms with Gasteiger partial charge in [0.15, 0.2) is 0 Å². The van der Waals surface area contributed by atoms with E-state index in [1.165, 1.54) is 23.7 Å². The molecule has 9 heteroatoms. The number of nitrogens with zero attached hydrogens (tertiary/aromatic N) is 3. The molecule has 0 saturated heterocycles. The first kappa shape index (κ1) is 14.2. The quantitative estimate of drug-likeness (QED) is 0.679. The summed E-state index contributed by atoms with van der Waals surface area (Å²) < 4.78 is 1.30. The Morgan fingerprint density at radius 1 is 1.10 bits per heavy atom. The number of rotatable bonds is 4. The zero-order chi connectivity index (χ0) is 15.7. The lowest BCUT2D eigenvalue weighted by Crippen LogP contribution is -2.05. The van der Waals surface area contributed by atoms with E-state index in [1.54, 1.807) is 0 Å². The van der Waals surface area contributed by atoms with Crippen LogP contribution in [0.2, 0.25) is 0 Å². The Kier molecular flexibility index (Phi) is 3.40. The largest absolute Gasteiger partial charge is 0.477 e. The number of hydrogen-bond donors (Lipinski definition) is 1. The zero-order valence-corrected chi connectivity index (χ0v) is 10.7. The minimum atomic E-state index is -1.16. The number of hydrogen-bond acceptors (Lipinski definition) is 5. The van der Waals surface area contributed by atoms with Gasteiger partial charge in [0.05, 0.1) is 15.9 Å². The number of aromatic carboxylic acids is 1. The third-order valence-electron chi connectivity index (χ3n) is 2.96. The number of aromatic nitrogens is 1. The first-order valence-electron chi connectivity index (χ1n) is 5.64. The molecule has 0 aliphatic heterocycles. The van der Waals surface area contributed by atoms with E-state index in [-0.39, 0.29) is 11.3 Å². The Morgan fingerprint density at radius 2 is 1.62 bits per heavy atom. The molecule has 1 N–H and O–H groups in total. The van der Waals surface area contributed by atoms with E-state index >= 15 is 0 Å². The van der Waals surface area contributed by atoms with Crippen LogP contribution < -0.4 is 0 Å². The van der Waals surface area contributed by atoms with Gasteiger partial charge in [0.2, 0.25) is 0 Å². The minimum absolute atomic E-state index is 0.0286. The number of carbonyl (C=O) groups is 1. The molecule has 1 aromatic heterocycles. The fourth-order valence-corrected chi connectivity index (χ4v) is 1.97. The number of carboxylic acid groups (broad SMARTS) is 1. The van der Waals surface area contributed by atoms with Gasteiger partial charge < -0.3 is 9.67 Å². The van der Waals surface area contributed by atoms with Crippen molar-refractivity contribution in [1.82, 2.24) is 4.57 Å². The van der Waals surface area contributed by atoms with Gasteiger partial charge in [-0.3, -0.25) is 20.2 Å².